The maximum absolute atomic E-state index is 11.7. The molecule has 0 unspecified atom stereocenters. The van der Waals surface area contributed by atoms with Crippen molar-refractivity contribution in [3.8, 4) is 0 Å². The first-order valence-corrected chi connectivity index (χ1v) is 6.05. The van der Waals surface area contributed by atoms with E-state index in [4.69, 9.17) is 9.47 Å². The first-order chi connectivity index (χ1) is 6.50. The molecule has 0 saturated carbocycles. The Balaban J connectivity index is 2.67. The van der Waals surface area contributed by atoms with Crippen molar-refractivity contribution >= 4 is 28.6 Å². The highest BCUT2D eigenvalue weighted by Gasteiger charge is 2.46. The summed E-state index contributed by atoms with van der Waals surface area (Å²) < 4.78 is 10.1. The van der Waals surface area contributed by atoms with Gasteiger partial charge in [0.15, 0.2) is 0 Å². The van der Waals surface area contributed by atoms with Gasteiger partial charge in [0.1, 0.15) is 3.42 Å². The molecule has 0 amide bonds. The fourth-order valence-corrected chi connectivity index (χ4v) is 2.73. The Kier molecular flexibility index (Phi) is 4.18. The van der Waals surface area contributed by atoms with Crippen LogP contribution in [0.3, 0.4) is 0 Å². The molecule has 1 aliphatic heterocycles. The molecule has 1 aliphatic rings. The average molecular weight is 312 g/mol. The minimum Gasteiger partial charge on any atom is -0.465 e. The molecule has 0 aromatic carbocycles. The first kappa shape index (κ1) is 12.2. The van der Waals surface area contributed by atoms with E-state index in [0.29, 0.717) is 12.5 Å². The molecule has 0 spiro atoms. The van der Waals surface area contributed by atoms with Crippen LogP contribution in [0, 0.1) is 5.92 Å². The van der Waals surface area contributed by atoms with Crippen LogP contribution < -0.4 is 0 Å². The van der Waals surface area contributed by atoms with Crippen LogP contribution in [0.2, 0.25) is 0 Å². The summed E-state index contributed by atoms with van der Waals surface area (Å²) in [6, 6.07) is 0. The van der Waals surface area contributed by atoms with Gasteiger partial charge in [0.25, 0.3) is 0 Å². The predicted octanol–water partition coefficient (Wildman–Crippen LogP) is 2.17. The molecule has 0 aromatic heterocycles. The number of hydrogen-bond donors (Lipinski definition) is 0. The number of carbonyl (C=O) groups excluding carboxylic acids is 1. The standard InChI is InChI=1S/C10H17IO3/c1-4-13-9(12)10(3,11)8-7(2)5-6-14-8/h7-8H,4-6H2,1-3H3/t7-,8+,10+/m1/s1. The van der Waals surface area contributed by atoms with Crippen LogP contribution in [0.1, 0.15) is 27.2 Å². The highest BCUT2D eigenvalue weighted by Crippen LogP contribution is 2.36. The van der Waals surface area contributed by atoms with E-state index < -0.39 is 3.42 Å². The second-order valence-corrected chi connectivity index (χ2v) is 6.09. The molecule has 0 aliphatic carbocycles. The zero-order chi connectivity index (χ0) is 10.8. The number of rotatable bonds is 3. The van der Waals surface area contributed by atoms with Crippen molar-refractivity contribution in [2.45, 2.75) is 36.7 Å². The molecule has 3 nitrogen and oxygen atoms in total. The van der Waals surface area contributed by atoms with Gasteiger partial charge >= 0.3 is 5.97 Å². The van der Waals surface area contributed by atoms with Crippen LogP contribution in [-0.4, -0.2) is 28.7 Å². The van der Waals surface area contributed by atoms with Gasteiger partial charge in [-0.25, -0.2) is 0 Å². The first-order valence-electron chi connectivity index (χ1n) is 4.97. The topological polar surface area (TPSA) is 35.5 Å². The number of carbonyl (C=O) groups is 1. The van der Waals surface area contributed by atoms with Gasteiger partial charge < -0.3 is 9.47 Å². The second-order valence-electron chi connectivity index (χ2n) is 3.85. The molecule has 14 heavy (non-hydrogen) atoms. The second kappa shape index (κ2) is 4.79. The van der Waals surface area contributed by atoms with Gasteiger partial charge in [0, 0.05) is 6.61 Å². The normalized spacial score (nSPS) is 31.1. The SMILES string of the molecule is CCOC(=O)[C@@](C)(I)[C@H]1OCC[C@H]1C. The summed E-state index contributed by atoms with van der Waals surface area (Å²) >= 11 is 2.14. The van der Waals surface area contributed by atoms with Crippen LogP contribution in [0.25, 0.3) is 0 Å². The van der Waals surface area contributed by atoms with Crippen molar-refractivity contribution < 1.29 is 14.3 Å². The molecule has 1 heterocycles. The van der Waals surface area contributed by atoms with Crippen LogP contribution in [-0.2, 0) is 14.3 Å². The lowest BCUT2D eigenvalue weighted by Gasteiger charge is -2.29. The van der Waals surface area contributed by atoms with E-state index in [2.05, 4.69) is 29.5 Å². The van der Waals surface area contributed by atoms with Gasteiger partial charge in [-0.3, -0.25) is 4.79 Å². The van der Waals surface area contributed by atoms with Crippen molar-refractivity contribution in [2.75, 3.05) is 13.2 Å². The maximum Gasteiger partial charge on any atom is 0.324 e. The Morgan fingerprint density at radius 1 is 1.71 bits per heavy atom. The average Bonchev–Trinajstić information content (AvgIpc) is 2.52. The number of hydrogen-bond acceptors (Lipinski definition) is 3. The summed E-state index contributed by atoms with van der Waals surface area (Å²) in [5, 5.41) is 0. The Morgan fingerprint density at radius 2 is 2.36 bits per heavy atom. The molecule has 1 fully saturated rings. The van der Waals surface area contributed by atoms with E-state index in [9.17, 15) is 4.79 Å². The molecule has 3 atom stereocenters. The Labute approximate surface area is 98.7 Å². The van der Waals surface area contributed by atoms with Crippen molar-refractivity contribution in [1.82, 2.24) is 0 Å². The highest BCUT2D eigenvalue weighted by atomic mass is 127. The van der Waals surface area contributed by atoms with Crippen molar-refractivity contribution in [2.24, 2.45) is 5.92 Å². The van der Waals surface area contributed by atoms with Crippen molar-refractivity contribution in [1.29, 1.82) is 0 Å². The Bertz CT molecular complexity index is 215. The zero-order valence-electron chi connectivity index (χ0n) is 8.88. The maximum atomic E-state index is 11.7. The van der Waals surface area contributed by atoms with E-state index in [1.54, 1.807) is 0 Å². The van der Waals surface area contributed by atoms with Gasteiger partial charge in [-0.15, -0.1) is 0 Å². The molecule has 4 heteroatoms. The number of esters is 1. The number of alkyl halides is 1. The van der Waals surface area contributed by atoms with Crippen LogP contribution in [0.4, 0.5) is 0 Å². The number of ether oxygens (including phenoxy) is 2. The molecule has 0 aromatic rings. The van der Waals surface area contributed by atoms with Gasteiger partial charge in [0.05, 0.1) is 12.7 Å². The molecule has 0 bridgehead atoms. The minimum absolute atomic E-state index is 0.0119. The van der Waals surface area contributed by atoms with Crippen LogP contribution in [0.15, 0.2) is 0 Å². The molecular weight excluding hydrogens is 295 g/mol. The largest absolute Gasteiger partial charge is 0.465 e. The van der Waals surface area contributed by atoms with E-state index >= 15 is 0 Å². The van der Waals surface area contributed by atoms with Gasteiger partial charge in [-0.2, -0.15) is 0 Å². The molecule has 82 valence electrons. The van der Waals surface area contributed by atoms with E-state index in [1.807, 2.05) is 13.8 Å². The lowest BCUT2D eigenvalue weighted by Crippen LogP contribution is -2.44. The van der Waals surface area contributed by atoms with Gasteiger partial charge in [-0.1, -0.05) is 29.5 Å². The summed E-state index contributed by atoms with van der Waals surface area (Å²) in [6.45, 7) is 7.01. The summed E-state index contributed by atoms with van der Waals surface area (Å²) in [6.07, 6.45) is 1.02. The van der Waals surface area contributed by atoms with E-state index in [-0.39, 0.29) is 12.1 Å². The quantitative estimate of drug-likeness (QED) is 0.455. The lowest BCUT2D eigenvalue weighted by atomic mass is 9.93. The summed E-state index contributed by atoms with van der Waals surface area (Å²) in [7, 11) is 0. The van der Waals surface area contributed by atoms with Crippen molar-refractivity contribution in [3.05, 3.63) is 0 Å². The third kappa shape index (κ3) is 2.39. The summed E-state index contributed by atoms with van der Waals surface area (Å²) in [5.41, 5.74) is 0. The highest BCUT2D eigenvalue weighted by molar-refractivity contribution is 14.1. The monoisotopic (exact) mass is 312 g/mol. The summed E-state index contributed by atoms with van der Waals surface area (Å²) in [4.78, 5) is 11.7. The van der Waals surface area contributed by atoms with Gasteiger partial charge in [0.2, 0.25) is 0 Å². The fraction of sp³-hybridized carbons (Fsp3) is 0.900. The molecule has 1 rings (SSSR count). The molecule has 1 saturated heterocycles. The molecular formula is C10H17IO3. The van der Waals surface area contributed by atoms with Gasteiger partial charge in [-0.05, 0) is 26.2 Å². The fourth-order valence-electron chi connectivity index (χ4n) is 1.78. The van der Waals surface area contributed by atoms with Crippen LogP contribution >= 0.6 is 22.6 Å². The zero-order valence-corrected chi connectivity index (χ0v) is 11.0. The molecule has 0 N–H and O–H groups in total. The van der Waals surface area contributed by atoms with E-state index in [1.165, 1.54) is 0 Å². The third-order valence-corrected chi connectivity index (χ3v) is 3.65. The summed E-state index contributed by atoms with van der Waals surface area (Å²) in [5.74, 6) is 0.264. The smallest absolute Gasteiger partial charge is 0.324 e. The third-order valence-electron chi connectivity index (χ3n) is 2.60. The van der Waals surface area contributed by atoms with E-state index in [0.717, 1.165) is 13.0 Å². The Hall–Kier alpha value is 0.160. The van der Waals surface area contributed by atoms with Crippen molar-refractivity contribution in [3.63, 3.8) is 0 Å². The van der Waals surface area contributed by atoms with Crippen LogP contribution in [0.5, 0.6) is 0 Å². The minimum atomic E-state index is -0.552. The lowest BCUT2D eigenvalue weighted by molar-refractivity contribution is -0.148. The Morgan fingerprint density at radius 3 is 2.79 bits per heavy atom. The predicted molar refractivity (Wildman–Crippen MR) is 62.6 cm³/mol. The molecule has 0 radical (unpaired) electrons. The number of halogens is 1.